The molecule has 0 saturated carbocycles. The summed E-state index contributed by atoms with van der Waals surface area (Å²) < 4.78 is 40.1. The molecule has 202 valence electrons. The van der Waals surface area contributed by atoms with Gasteiger partial charge in [0.05, 0.1) is 11.9 Å². The number of hydrogen-bond acceptors (Lipinski definition) is 5. The lowest BCUT2D eigenvalue weighted by atomic mass is 9.96. The van der Waals surface area contributed by atoms with Crippen molar-refractivity contribution in [1.29, 1.82) is 0 Å². The summed E-state index contributed by atoms with van der Waals surface area (Å²) in [6.45, 7) is 11.4. The Morgan fingerprint density at radius 2 is 2.00 bits per heavy atom. The average Bonchev–Trinajstić information content (AvgIpc) is 2.84. The fourth-order valence-corrected chi connectivity index (χ4v) is 4.97. The number of nitrogens with one attached hydrogen (secondary N) is 2. The van der Waals surface area contributed by atoms with Crippen molar-refractivity contribution in [2.75, 3.05) is 19.6 Å². The molecule has 7 nitrogen and oxygen atoms in total. The Balaban J connectivity index is 1.69. The van der Waals surface area contributed by atoms with Gasteiger partial charge < -0.3 is 26.2 Å². The maximum Gasteiger partial charge on any atom is 0.416 e. The van der Waals surface area contributed by atoms with Gasteiger partial charge in [-0.3, -0.25) is 4.79 Å². The summed E-state index contributed by atoms with van der Waals surface area (Å²) in [5.41, 5.74) is 6.35. The monoisotopic (exact) mass is 538 g/mol. The zero-order chi connectivity index (χ0) is 27.2. The molecule has 3 rings (SSSR count). The molecule has 2 atom stereocenters. The Hall–Kier alpha value is -3.14. The number of nitrogens with zero attached hydrogens (tertiary/aromatic N) is 3. The van der Waals surface area contributed by atoms with Gasteiger partial charge in [-0.2, -0.15) is 13.2 Å². The summed E-state index contributed by atoms with van der Waals surface area (Å²) in [4.78, 5) is 21.6. The van der Waals surface area contributed by atoms with Crippen LogP contribution in [0.4, 0.5) is 13.2 Å². The maximum absolute atomic E-state index is 13.4. The van der Waals surface area contributed by atoms with Crippen molar-refractivity contribution in [1.82, 2.24) is 20.4 Å². The number of alkyl halides is 3. The van der Waals surface area contributed by atoms with Crippen molar-refractivity contribution < 1.29 is 18.0 Å². The minimum atomic E-state index is -4.59. The molecule has 0 aromatic rings. The van der Waals surface area contributed by atoms with Gasteiger partial charge in [0, 0.05) is 47.7 Å². The number of nitrogens with two attached hydrogens (primary N) is 1. The Bertz CT molecular complexity index is 1060. The van der Waals surface area contributed by atoms with Crippen LogP contribution in [0, 0.1) is 0 Å². The Morgan fingerprint density at radius 1 is 1.27 bits per heavy atom. The number of aliphatic imine (C=N–C) groups is 1. The third kappa shape index (κ3) is 7.44. The van der Waals surface area contributed by atoms with Gasteiger partial charge in [-0.25, -0.2) is 4.99 Å². The van der Waals surface area contributed by atoms with E-state index < -0.39 is 17.8 Å². The molecule has 1 unspecified atom stereocenters. The van der Waals surface area contributed by atoms with Crippen molar-refractivity contribution in [2.24, 2.45) is 10.7 Å². The summed E-state index contributed by atoms with van der Waals surface area (Å²) in [7, 11) is 0. The molecule has 3 aliphatic rings. The molecule has 2 fully saturated rings. The highest BCUT2D eigenvalue weighted by atomic mass is 35.5. The van der Waals surface area contributed by atoms with E-state index in [4.69, 9.17) is 17.3 Å². The SMILES string of the molecule is C=C(/C=C(\C=C(/C)Cl)C(F)(F)F)NC1CCCN([C@@H]2CCCN(C(=C)C3=C(N=CN)NC=CC3)C2)C1=O. The zero-order valence-electron chi connectivity index (χ0n) is 21.0. The number of likely N-dealkylation sites (tertiary alicyclic amines) is 2. The normalized spacial score (nSPS) is 24.0. The number of amides is 1. The van der Waals surface area contributed by atoms with Crippen LogP contribution in [0.25, 0.3) is 0 Å². The minimum absolute atomic E-state index is 0.00233. The number of allylic oxidation sites excluding steroid dienone is 6. The summed E-state index contributed by atoms with van der Waals surface area (Å²) >= 11 is 5.67. The van der Waals surface area contributed by atoms with Crippen LogP contribution in [-0.4, -0.2) is 59.9 Å². The number of halogens is 4. The number of dihydropyridines is 1. The summed E-state index contributed by atoms with van der Waals surface area (Å²) in [5, 5.41) is 6.00. The Kier molecular flexibility index (Phi) is 9.53. The number of rotatable bonds is 8. The second-order valence-corrected chi connectivity index (χ2v) is 9.87. The fourth-order valence-electron chi connectivity index (χ4n) is 4.86. The van der Waals surface area contributed by atoms with Gasteiger partial charge in [0.1, 0.15) is 11.9 Å². The van der Waals surface area contributed by atoms with E-state index in [-0.39, 0.29) is 22.7 Å². The Labute approximate surface area is 221 Å². The van der Waals surface area contributed by atoms with Crippen LogP contribution >= 0.6 is 11.6 Å². The molecule has 2 saturated heterocycles. The van der Waals surface area contributed by atoms with Crippen molar-refractivity contribution >= 4 is 23.8 Å². The minimum Gasteiger partial charge on any atom is -0.390 e. The van der Waals surface area contributed by atoms with E-state index in [1.165, 1.54) is 13.3 Å². The number of piperidine rings is 2. The zero-order valence-corrected chi connectivity index (χ0v) is 21.7. The predicted molar refractivity (Wildman–Crippen MR) is 141 cm³/mol. The number of carbonyl (C=O) groups is 1. The first-order chi connectivity index (χ1) is 17.5. The van der Waals surface area contributed by atoms with E-state index in [0.29, 0.717) is 31.8 Å². The largest absolute Gasteiger partial charge is 0.416 e. The van der Waals surface area contributed by atoms with E-state index in [2.05, 4.69) is 33.7 Å². The summed E-state index contributed by atoms with van der Waals surface area (Å²) in [6, 6.07) is -0.680. The van der Waals surface area contributed by atoms with Gasteiger partial charge in [-0.1, -0.05) is 30.8 Å². The molecule has 0 bridgehead atoms. The summed E-state index contributed by atoms with van der Waals surface area (Å²) in [5.74, 6) is 0.519. The lowest BCUT2D eigenvalue weighted by Gasteiger charge is -2.44. The van der Waals surface area contributed by atoms with E-state index in [1.54, 1.807) is 0 Å². The number of carbonyl (C=O) groups excluding carboxylic acids is 1. The standard InChI is InChI=1S/C26H34ClF3N6O/c1-17(27)13-20(26(28,29)30)14-18(2)34-23-9-6-12-36(25(23)37)21-7-5-11-35(15-21)19(3)22-8-4-10-32-24(22)33-16-31/h4,10,13-14,16,21,23,32,34H,2-3,5-9,11-12,15H2,1H3,(H2,31,33)/b17-13+,20-14+/t21-,23?/m1/s1. The average molecular weight is 539 g/mol. The molecule has 0 spiro atoms. The van der Waals surface area contributed by atoms with Crippen molar-refractivity contribution in [3.05, 3.63) is 71.0 Å². The van der Waals surface area contributed by atoms with E-state index in [0.717, 1.165) is 49.2 Å². The molecule has 1 amide bonds. The van der Waals surface area contributed by atoms with Crippen molar-refractivity contribution in [3.8, 4) is 0 Å². The molecule has 0 radical (unpaired) electrons. The van der Waals surface area contributed by atoms with Crippen LogP contribution in [-0.2, 0) is 4.79 Å². The lowest BCUT2D eigenvalue weighted by molar-refractivity contribution is -0.139. The molecular weight excluding hydrogens is 505 g/mol. The Morgan fingerprint density at radius 3 is 2.68 bits per heavy atom. The van der Waals surface area contributed by atoms with Crippen LogP contribution in [0.2, 0.25) is 0 Å². The molecule has 0 aliphatic carbocycles. The molecule has 0 aromatic carbocycles. The quantitative estimate of drug-likeness (QED) is 0.242. The highest BCUT2D eigenvalue weighted by Gasteiger charge is 2.37. The van der Waals surface area contributed by atoms with Gasteiger partial charge in [0.15, 0.2) is 0 Å². The molecular formula is C26H34ClF3N6O. The van der Waals surface area contributed by atoms with E-state index in [1.807, 2.05) is 17.2 Å². The fraction of sp³-hybridized carbons (Fsp3) is 0.462. The maximum atomic E-state index is 13.4. The third-order valence-corrected chi connectivity index (χ3v) is 6.67. The molecule has 11 heteroatoms. The van der Waals surface area contributed by atoms with Crippen molar-refractivity contribution in [2.45, 2.75) is 57.3 Å². The van der Waals surface area contributed by atoms with Crippen molar-refractivity contribution in [3.63, 3.8) is 0 Å². The topological polar surface area (TPSA) is 86.0 Å². The third-order valence-electron chi connectivity index (χ3n) is 6.56. The van der Waals surface area contributed by atoms with Gasteiger partial charge >= 0.3 is 6.18 Å². The first-order valence-corrected chi connectivity index (χ1v) is 12.6. The lowest BCUT2D eigenvalue weighted by Crippen LogP contribution is -2.57. The second kappa shape index (κ2) is 12.4. The van der Waals surface area contributed by atoms with Crippen LogP contribution < -0.4 is 16.4 Å². The molecule has 37 heavy (non-hydrogen) atoms. The molecule has 3 aliphatic heterocycles. The second-order valence-electron chi connectivity index (χ2n) is 9.27. The van der Waals surface area contributed by atoms with Crippen LogP contribution in [0.1, 0.15) is 39.0 Å². The highest BCUT2D eigenvalue weighted by Crippen LogP contribution is 2.30. The molecule has 3 heterocycles. The number of hydrogen-bond donors (Lipinski definition) is 3. The van der Waals surface area contributed by atoms with Gasteiger partial charge in [-0.15, -0.1) is 0 Å². The molecule has 4 N–H and O–H groups in total. The van der Waals surface area contributed by atoms with Gasteiger partial charge in [0.25, 0.3) is 0 Å². The van der Waals surface area contributed by atoms with Crippen LogP contribution in [0.3, 0.4) is 0 Å². The highest BCUT2D eigenvalue weighted by molar-refractivity contribution is 6.29. The van der Waals surface area contributed by atoms with E-state index in [9.17, 15) is 18.0 Å². The summed E-state index contributed by atoms with van der Waals surface area (Å²) in [6.07, 6.45) is 5.80. The predicted octanol–water partition coefficient (Wildman–Crippen LogP) is 4.40. The van der Waals surface area contributed by atoms with Crippen LogP contribution in [0.15, 0.2) is 76.0 Å². The van der Waals surface area contributed by atoms with Gasteiger partial charge in [-0.05, 0) is 57.4 Å². The molecule has 0 aromatic heterocycles. The first-order valence-electron chi connectivity index (χ1n) is 12.2. The van der Waals surface area contributed by atoms with E-state index >= 15 is 0 Å². The van der Waals surface area contributed by atoms with Gasteiger partial charge in [0.2, 0.25) is 5.91 Å². The smallest absolute Gasteiger partial charge is 0.390 e. The van der Waals surface area contributed by atoms with Crippen LogP contribution in [0.5, 0.6) is 0 Å². The first kappa shape index (κ1) is 28.4.